The fraction of sp³-hybridized carbons (Fsp3) is 0.409. The van der Waals surface area contributed by atoms with Gasteiger partial charge < -0.3 is 0 Å². The lowest BCUT2D eigenvalue weighted by atomic mass is 9.77. The zero-order chi connectivity index (χ0) is 16.3. The summed E-state index contributed by atoms with van der Waals surface area (Å²) in [6.07, 6.45) is 1.17. The van der Waals surface area contributed by atoms with Crippen molar-refractivity contribution in [1.29, 1.82) is 0 Å². The Morgan fingerprint density at radius 1 is 0.909 bits per heavy atom. The van der Waals surface area contributed by atoms with Crippen molar-refractivity contribution in [3.63, 3.8) is 0 Å². The predicted molar refractivity (Wildman–Crippen MR) is 97.4 cm³/mol. The average molecular weight is 293 g/mol. The molecule has 0 heteroatoms. The van der Waals surface area contributed by atoms with E-state index in [0.717, 1.165) is 0 Å². The predicted octanol–water partition coefficient (Wildman–Crippen LogP) is 6.49. The van der Waals surface area contributed by atoms with Crippen LogP contribution in [0.1, 0.15) is 76.1 Å². The zero-order valence-electron chi connectivity index (χ0n) is 14.9. The Bertz CT molecular complexity index is 616. The van der Waals surface area contributed by atoms with Crippen LogP contribution in [0.2, 0.25) is 0 Å². The van der Waals surface area contributed by atoms with Crippen LogP contribution in [0, 0.1) is 5.92 Å². The summed E-state index contributed by atoms with van der Waals surface area (Å²) in [4.78, 5) is 0. The molecule has 0 nitrogen and oxygen atoms in total. The second-order valence-electron chi connectivity index (χ2n) is 7.32. The Hall–Kier alpha value is -1.56. The van der Waals surface area contributed by atoms with E-state index >= 15 is 0 Å². The number of rotatable bonds is 4. The van der Waals surface area contributed by atoms with Gasteiger partial charge in [-0.05, 0) is 40.0 Å². The number of hydrogen-bond acceptors (Lipinski definition) is 0. The molecule has 0 fully saturated rings. The smallest absolute Gasteiger partial charge is 0.0315 e. The molecule has 0 aromatic heterocycles. The minimum Gasteiger partial charge on any atom is -0.0648 e. The van der Waals surface area contributed by atoms with E-state index in [0.29, 0.717) is 5.92 Å². The zero-order valence-corrected chi connectivity index (χ0v) is 14.9. The van der Waals surface area contributed by atoms with Crippen molar-refractivity contribution in [1.82, 2.24) is 0 Å². The van der Waals surface area contributed by atoms with Crippen molar-refractivity contribution in [2.24, 2.45) is 0 Å². The highest BCUT2D eigenvalue weighted by Crippen LogP contribution is 2.36. The topological polar surface area (TPSA) is 0 Å². The Labute approximate surface area is 136 Å². The Morgan fingerprint density at radius 3 is 2.05 bits per heavy atom. The maximum atomic E-state index is 2.32. The molecular formula is C22H29. The monoisotopic (exact) mass is 293 g/mol. The van der Waals surface area contributed by atoms with E-state index in [-0.39, 0.29) is 5.41 Å². The lowest BCUT2D eigenvalue weighted by Gasteiger charge is -2.27. The summed E-state index contributed by atoms with van der Waals surface area (Å²) >= 11 is 0. The third-order valence-electron chi connectivity index (χ3n) is 4.65. The molecule has 1 atom stereocenters. The van der Waals surface area contributed by atoms with E-state index in [1.165, 1.54) is 34.6 Å². The number of hydrogen-bond donors (Lipinski definition) is 0. The quantitative estimate of drug-likeness (QED) is 0.604. The molecule has 0 saturated carbocycles. The largest absolute Gasteiger partial charge is 0.0648 e. The molecule has 2 aromatic carbocycles. The van der Waals surface area contributed by atoms with Crippen LogP contribution in [0.5, 0.6) is 0 Å². The van der Waals surface area contributed by atoms with Crippen LogP contribution in [-0.4, -0.2) is 0 Å². The van der Waals surface area contributed by atoms with Crippen LogP contribution >= 0.6 is 0 Å². The van der Waals surface area contributed by atoms with Crippen LogP contribution < -0.4 is 0 Å². The van der Waals surface area contributed by atoms with E-state index in [4.69, 9.17) is 0 Å². The van der Waals surface area contributed by atoms with Crippen molar-refractivity contribution in [2.45, 2.75) is 59.3 Å². The lowest BCUT2D eigenvalue weighted by Crippen LogP contribution is -2.16. The van der Waals surface area contributed by atoms with Crippen molar-refractivity contribution in [3.8, 4) is 0 Å². The van der Waals surface area contributed by atoms with Crippen LogP contribution in [0.4, 0.5) is 0 Å². The fourth-order valence-corrected chi connectivity index (χ4v) is 3.10. The second-order valence-corrected chi connectivity index (χ2v) is 7.32. The molecule has 0 aliphatic heterocycles. The van der Waals surface area contributed by atoms with E-state index in [1.807, 2.05) is 0 Å². The molecule has 1 radical (unpaired) electrons. The molecule has 0 spiro atoms. The van der Waals surface area contributed by atoms with Gasteiger partial charge in [0.1, 0.15) is 0 Å². The highest BCUT2D eigenvalue weighted by Gasteiger charge is 2.23. The molecule has 0 heterocycles. The summed E-state index contributed by atoms with van der Waals surface area (Å²) < 4.78 is 0. The molecule has 2 aromatic rings. The molecule has 0 bridgehead atoms. The van der Waals surface area contributed by atoms with Gasteiger partial charge in [-0.2, -0.15) is 0 Å². The molecule has 0 aliphatic rings. The first-order valence-electron chi connectivity index (χ1n) is 8.39. The van der Waals surface area contributed by atoms with Gasteiger partial charge in [-0.15, -0.1) is 0 Å². The highest BCUT2D eigenvalue weighted by molar-refractivity contribution is 5.53. The van der Waals surface area contributed by atoms with Crippen molar-refractivity contribution in [2.75, 3.05) is 0 Å². The molecule has 0 N–H and O–H groups in total. The van der Waals surface area contributed by atoms with E-state index in [1.54, 1.807) is 0 Å². The number of benzene rings is 2. The van der Waals surface area contributed by atoms with Crippen LogP contribution in [0.15, 0.2) is 48.5 Å². The molecule has 0 saturated heterocycles. The summed E-state index contributed by atoms with van der Waals surface area (Å²) in [6.45, 7) is 13.7. The molecule has 0 aliphatic carbocycles. The Balaban J connectivity index is 2.53. The molecule has 0 amide bonds. The minimum atomic E-state index is 0.156. The van der Waals surface area contributed by atoms with Gasteiger partial charge >= 0.3 is 0 Å². The summed E-state index contributed by atoms with van der Waals surface area (Å²) in [5, 5.41) is 0. The van der Waals surface area contributed by atoms with Gasteiger partial charge in [-0.1, -0.05) is 90.1 Å². The molecule has 2 rings (SSSR count). The summed E-state index contributed by atoms with van der Waals surface area (Å²) in [7, 11) is 0. The van der Waals surface area contributed by atoms with Gasteiger partial charge in [0.25, 0.3) is 0 Å². The normalized spacial score (nSPS) is 13.4. The van der Waals surface area contributed by atoms with Gasteiger partial charge in [-0.25, -0.2) is 0 Å². The van der Waals surface area contributed by atoms with E-state index in [9.17, 15) is 0 Å². The van der Waals surface area contributed by atoms with Crippen LogP contribution in [0.3, 0.4) is 0 Å². The average Bonchev–Trinajstić information content (AvgIpc) is 2.52. The summed E-state index contributed by atoms with van der Waals surface area (Å²) in [6, 6.07) is 17.7. The summed E-state index contributed by atoms with van der Waals surface area (Å²) in [5.74, 6) is 1.98. The maximum absolute atomic E-state index is 2.32. The lowest BCUT2D eigenvalue weighted by molar-refractivity contribution is 0.585. The fourth-order valence-electron chi connectivity index (χ4n) is 3.10. The molecule has 117 valence electrons. The van der Waals surface area contributed by atoms with Gasteiger partial charge in [-0.3, -0.25) is 0 Å². The summed E-state index contributed by atoms with van der Waals surface area (Å²) in [5.41, 5.74) is 5.82. The Kier molecular flexibility index (Phi) is 5.11. The van der Waals surface area contributed by atoms with Crippen molar-refractivity contribution in [3.05, 3.63) is 76.7 Å². The minimum absolute atomic E-state index is 0.156. The van der Waals surface area contributed by atoms with Gasteiger partial charge in [0.15, 0.2) is 0 Å². The van der Waals surface area contributed by atoms with Crippen molar-refractivity contribution >= 4 is 0 Å². The molecular weight excluding hydrogens is 264 g/mol. The van der Waals surface area contributed by atoms with Gasteiger partial charge in [0.2, 0.25) is 0 Å². The van der Waals surface area contributed by atoms with E-state index in [2.05, 4.69) is 90.1 Å². The Morgan fingerprint density at radius 2 is 1.45 bits per heavy atom. The van der Waals surface area contributed by atoms with Gasteiger partial charge in [0.05, 0.1) is 0 Å². The van der Waals surface area contributed by atoms with Gasteiger partial charge in [0, 0.05) is 5.92 Å². The molecule has 1 unspecified atom stereocenters. The van der Waals surface area contributed by atoms with E-state index < -0.39 is 0 Å². The molecule has 22 heavy (non-hydrogen) atoms. The third-order valence-corrected chi connectivity index (χ3v) is 4.65. The third kappa shape index (κ3) is 3.43. The van der Waals surface area contributed by atoms with Crippen LogP contribution in [0.25, 0.3) is 0 Å². The van der Waals surface area contributed by atoms with Crippen LogP contribution in [-0.2, 0) is 5.41 Å². The second kappa shape index (κ2) is 6.69. The first kappa shape index (κ1) is 16.8. The first-order chi connectivity index (χ1) is 10.4. The SMILES string of the molecule is CCC(C)c1ccccc1[C](C)c1ccccc1C(C)(C)C. The first-order valence-corrected chi connectivity index (χ1v) is 8.39. The van der Waals surface area contributed by atoms with Crippen molar-refractivity contribution < 1.29 is 0 Å². The highest BCUT2D eigenvalue weighted by atomic mass is 14.3. The standard InChI is InChI=1S/C22H29/c1-7-16(2)18-12-8-9-13-19(18)17(3)20-14-10-11-15-21(20)22(4,5)6/h8-16H,7H2,1-6H3. The maximum Gasteiger partial charge on any atom is 0.0315 e.